The molecular formula is C16H19F3N2O6. The summed E-state index contributed by atoms with van der Waals surface area (Å²) in [6, 6.07) is 0. The van der Waals surface area contributed by atoms with E-state index in [0.29, 0.717) is 25.9 Å². The van der Waals surface area contributed by atoms with E-state index in [-0.39, 0.29) is 17.5 Å². The van der Waals surface area contributed by atoms with Crippen LogP contribution in [0.5, 0.6) is 0 Å². The van der Waals surface area contributed by atoms with Crippen LogP contribution in [0.2, 0.25) is 0 Å². The van der Waals surface area contributed by atoms with E-state index in [1.807, 2.05) is 4.90 Å². The minimum Gasteiger partial charge on any atom is -0.477 e. The fourth-order valence-electron chi connectivity index (χ4n) is 4.06. The number of carbonyl (C=O) groups excluding carboxylic acids is 1. The zero-order valence-electron chi connectivity index (χ0n) is 14.2. The largest absolute Gasteiger partial charge is 0.490 e. The molecule has 3 atom stereocenters. The molecule has 1 amide bonds. The third-order valence-corrected chi connectivity index (χ3v) is 5.55. The van der Waals surface area contributed by atoms with Crippen molar-refractivity contribution in [1.29, 1.82) is 0 Å². The zero-order chi connectivity index (χ0) is 20.0. The molecule has 2 heterocycles. The Morgan fingerprint density at radius 1 is 1.15 bits per heavy atom. The quantitative estimate of drug-likeness (QED) is 0.736. The summed E-state index contributed by atoms with van der Waals surface area (Å²) in [5.41, 5.74) is -0.508. The van der Waals surface area contributed by atoms with Crippen molar-refractivity contribution in [3.63, 3.8) is 0 Å². The number of hydrogen-bond acceptors (Lipinski definition) is 5. The fourth-order valence-corrected chi connectivity index (χ4v) is 4.06. The van der Waals surface area contributed by atoms with Crippen LogP contribution in [-0.2, 0) is 19.2 Å². The summed E-state index contributed by atoms with van der Waals surface area (Å²) in [5, 5.41) is 19.7. The monoisotopic (exact) mass is 392 g/mol. The fraction of sp³-hybridized carbons (Fsp3) is 0.750. The first-order chi connectivity index (χ1) is 12.5. The van der Waals surface area contributed by atoms with E-state index in [1.54, 1.807) is 0 Å². The molecule has 0 aromatic carbocycles. The lowest BCUT2D eigenvalue weighted by atomic mass is 9.96. The van der Waals surface area contributed by atoms with Crippen molar-refractivity contribution >= 4 is 23.6 Å². The number of likely N-dealkylation sites (tertiary alicyclic amines) is 1. The maximum Gasteiger partial charge on any atom is 0.490 e. The Labute approximate surface area is 151 Å². The maximum atomic E-state index is 12.5. The van der Waals surface area contributed by atoms with Crippen LogP contribution in [0.3, 0.4) is 0 Å². The van der Waals surface area contributed by atoms with E-state index in [4.69, 9.17) is 19.8 Å². The van der Waals surface area contributed by atoms with Crippen LogP contribution in [0.4, 0.5) is 13.2 Å². The molecule has 2 saturated carbocycles. The molecule has 0 bridgehead atoms. The second-order valence-electron chi connectivity index (χ2n) is 7.53. The summed E-state index contributed by atoms with van der Waals surface area (Å²) in [4.78, 5) is 39.5. The van der Waals surface area contributed by atoms with Gasteiger partial charge in [-0.25, -0.2) is 9.59 Å². The maximum absolute atomic E-state index is 12.5. The molecule has 3 unspecified atom stereocenters. The molecule has 0 aromatic rings. The van der Waals surface area contributed by atoms with Crippen LogP contribution in [0.1, 0.15) is 32.1 Å². The first-order valence-electron chi connectivity index (χ1n) is 8.58. The third-order valence-electron chi connectivity index (χ3n) is 5.55. The molecule has 2 N–H and O–H groups in total. The highest BCUT2D eigenvalue weighted by Crippen LogP contribution is 2.55. The third kappa shape index (κ3) is 4.16. The highest BCUT2D eigenvalue weighted by molar-refractivity contribution is 6.36. The molecule has 2 aliphatic carbocycles. The second-order valence-corrected chi connectivity index (χ2v) is 7.53. The summed E-state index contributed by atoms with van der Waals surface area (Å²) in [6.07, 6.45) is -0.692. The molecule has 3 fully saturated rings. The van der Waals surface area contributed by atoms with Gasteiger partial charge in [-0.2, -0.15) is 13.2 Å². The predicted molar refractivity (Wildman–Crippen MR) is 82.7 cm³/mol. The lowest BCUT2D eigenvalue weighted by Crippen LogP contribution is -2.39. The van der Waals surface area contributed by atoms with Gasteiger partial charge < -0.3 is 20.0 Å². The summed E-state index contributed by atoms with van der Waals surface area (Å²) in [7, 11) is 0. The summed E-state index contributed by atoms with van der Waals surface area (Å²) in [6.45, 7) is 1.14. The van der Waals surface area contributed by atoms with Gasteiger partial charge >= 0.3 is 18.1 Å². The van der Waals surface area contributed by atoms with Gasteiger partial charge in [0.1, 0.15) is 0 Å². The van der Waals surface area contributed by atoms with Crippen molar-refractivity contribution < 1.29 is 42.6 Å². The molecule has 0 radical (unpaired) electrons. The van der Waals surface area contributed by atoms with Gasteiger partial charge in [0.05, 0.1) is 6.54 Å². The summed E-state index contributed by atoms with van der Waals surface area (Å²) >= 11 is 0. The SMILES string of the molecule is O=C(O)C(F)(F)F.O=C(O)C1=NOC2(CCN(C(=O)C3CC4CC4C3)C2)C1. The number of oxime groups is 1. The molecule has 4 aliphatic rings. The summed E-state index contributed by atoms with van der Waals surface area (Å²) in [5.74, 6) is -1.76. The Kier molecular flexibility index (Phi) is 4.81. The average molecular weight is 392 g/mol. The number of hydrogen-bond donors (Lipinski definition) is 2. The van der Waals surface area contributed by atoms with Crippen molar-refractivity contribution in [2.45, 2.75) is 43.9 Å². The van der Waals surface area contributed by atoms with E-state index in [1.165, 1.54) is 6.42 Å². The van der Waals surface area contributed by atoms with Crippen LogP contribution in [0.15, 0.2) is 5.16 Å². The zero-order valence-corrected chi connectivity index (χ0v) is 14.2. The Bertz CT molecular complexity index is 684. The Hall–Kier alpha value is -2.33. The molecule has 27 heavy (non-hydrogen) atoms. The normalized spacial score (nSPS) is 33.7. The number of alkyl halides is 3. The predicted octanol–water partition coefficient (Wildman–Crippen LogP) is 1.50. The van der Waals surface area contributed by atoms with Crippen LogP contribution in [0.25, 0.3) is 0 Å². The molecule has 4 rings (SSSR count). The molecule has 0 aromatic heterocycles. The molecular weight excluding hydrogens is 373 g/mol. The molecule has 8 nitrogen and oxygen atoms in total. The van der Waals surface area contributed by atoms with Gasteiger partial charge in [0, 0.05) is 25.3 Å². The number of amides is 1. The molecule has 1 spiro atoms. The van der Waals surface area contributed by atoms with Gasteiger partial charge in [-0.3, -0.25) is 4.79 Å². The van der Waals surface area contributed by atoms with Gasteiger partial charge in [0.15, 0.2) is 11.3 Å². The van der Waals surface area contributed by atoms with E-state index >= 15 is 0 Å². The van der Waals surface area contributed by atoms with E-state index < -0.39 is 23.7 Å². The number of carboxylic acids is 2. The molecule has 1 saturated heterocycles. The number of carbonyl (C=O) groups is 3. The Balaban J connectivity index is 0.000000260. The summed E-state index contributed by atoms with van der Waals surface area (Å²) < 4.78 is 31.7. The minimum absolute atomic E-state index is 0.0707. The Morgan fingerprint density at radius 2 is 1.74 bits per heavy atom. The van der Waals surface area contributed by atoms with Crippen molar-refractivity contribution in [3.8, 4) is 0 Å². The standard InChI is InChI=1S/C14H18N2O4.C2HF3O2/c17-12(10-4-8-3-9(8)5-10)16-2-1-14(7-16)6-11(13(18)19)15-20-14;3-2(4,5)1(6)7/h8-10H,1-7H2,(H,18,19);(H,6,7). The lowest BCUT2D eigenvalue weighted by molar-refractivity contribution is -0.192. The lowest BCUT2D eigenvalue weighted by Gasteiger charge is -2.24. The number of halogens is 3. The van der Waals surface area contributed by atoms with Crippen molar-refractivity contribution in [1.82, 2.24) is 4.90 Å². The first-order valence-corrected chi connectivity index (χ1v) is 8.58. The topological polar surface area (TPSA) is 116 Å². The van der Waals surface area contributed by atoms with Crippen LogP contribution >= 0.6 is 0 Å². The second kappa shape index (κ2) is 6.68. The van der Waals surface area contributed by atoms with Crippen molar-refractivity contribution in [2.75, 3.05) is 13.1 Å². The number of fused-ring (bicyclic) bond motifs is 1. The van der Waals surface area contributed by atoms with Gasteiger partial charge in [-0.05, 0) is 31.1 Å². The van der Waals surface area contributed by atoms with E-state index in [2.05, 4.69) is 5.16 Å². The van der Waals surface area contributed by atoms with Crippen LogP contribution in [0, 0.1) is 17.8 Å². The van der Waals surface area contributed by atoms with Crippen LogP contribution < -0.4 is 0 Å². The van der Waals surface area contributed by atoms with Gasteiger partial charge in [-0.1, -0.05) is 5.16 Å². The number of aliphatic carboxylic acids is 2. The highest BCUT2D eigenvalue weighted by atomic mass is 19.4. The number of carboxylic acid groups (broad SMARTS) is 2. The minimum atomic E-state index is -5.08. The van der Waals surface area contributed by atoms with Gasteiger partial charge in [-0.15, -0.1) is 0 Å². The van der Waals surface area contributed by atoms with Crippen molar-refractivity contribution in [2.24, 2.45) is 22.9 Å². The van der Waals surface area contributed by atoms with Crippen molar-refractivity contribution in [3.05, 3.63) is 0 Å². The first kappa shape index (κ1) is 19.4. The number of nitrogens with zero attached hydrogens (tertiary/aromatic N) is 2. The average Bonchev–Trinajstić information content (AvgIpc) is 3.00. The number of rotatable bonds is 2. The molecule has 2 aliphatic heterocycles. The van der Waals surface area contributed by atoms with Gasteiger partial charge in [0.2, 0.25) is 5.91 Å². The Morgan fingerprint density at radius 3 is 2.22 bits per heavy atom. The smallest absolute Gasteiger partial charge is 0.477 e. The molecule has 150 valence electrons. The van der Waals surface area contributed by atoms with Gasteiger partial charge in [0.25, 0.3) is 0 Å². The molecule has 11 heteroatoms. The van der Waals surface area contributed by atoms with Crippen LogP contribution in [-0.4, -0.2) is 63.5 Å². The van der Waals surface area contributed by atoms with E-state index in [0.717, 1.165) is 24.7 Å². The van der Waals surface area contributed by atoms with E-state index in [9.17, 15) is 22.8 Å². The highest BCUT2D eigenvalue weighted by Gasteiger charge is 2.52.